The summed E-state index contributed by atoms with van der Waals surface area (Å²) in [6.07, 6.45) is -0.145. The van der Waals surface area contributed by atoms with Crippen LogP contribution < -0.4 is 4.74 Å². The van der Waals surface area contributed by atoms with Crippen LogP contribution >= 0.6 is 0 Å². The minimum absolute atomic E-state index is 0.145. The zero-order valence-corrected chi connectivity index (χ0v) is 15.1. The van der Waals surface area contributed by atoms with Crippen molar-refractivity contribution in [2.45, 2.75) is 26.5 Å². The summed E-state index contributed by atoms with van der Waals surface area (Å²) in [5, 5.41) is 0. The predicted molar refractivity (Wildman–Crippen MR) is 105 cm³/mol. The number of fused-ring (bicyclic) bond motifs is 1. The molecule has 4 rings (SSSR count). The van der Waals surface area contributed by atoms with Crippen LogP contribution in [0, 0.1) is 6.92 Å². The summed E-state index contributed by atoms with van der Waals surface area (Å²) in [6, 6.07) is 26.7. The Bertz CT molecular complexity index is 1020. The van der Waals surface area contributed by atoms with Crippen LogP contribution in [0.3, 0.4) is 0 Å². The summed E-state index contributed by atoms with van der Waals surface area (Å²) in [5.74, 6) is 1.80. The highest BCUT2D eigenvalue weighted by atomic mass is 16.5. The summed E-state index contributed by atoms with van der Waals surface area (Å²) in [7, 11) is 0. The van der Waals surface area contributed by atoms with Crippen molar-refractivity contribution < 1.29 is 4.74 Å². The molecule has 4 aromatic rings. The third-order valence-electron chi connectivity index (χ3n) is 4.69. The maximum absolute atomic E-state index is 6.16. The average Bonchev–Trinajstić information content (AvgIpc) is 3.03. The number of nitrogens with zero attached hydrogens (tertiary/aromatic N) is 2. The van der Waals surface area contributed by atoms with Crippen molar-refractivity contribution in [1.29, 1.82) is 0 Å². The van der Waals surface area contributed by atoms with Gasteiger partial charge in [0.15, 0.2) is 11.9 Å². The second-order valence-corrected chi connectivity index (χ2v) is 6.54. The molecule has 3 nitrogen and oxygen atoms in total. The molecule has 0 amide bonds. The highest BCUT2D eigenvalue weighted by Gasteiger charge is 2.18. The molecule has 26 heavy (non-hydrogen) atoms. The number of imidazole rings is 1. The van der Waals surface area contributed by atoms with Crippen molar-refractivity contribution in [1.82, 2.24) is 9.55 Å². The Labute approximate surface area is 153 Å². The van der Waals surface area contributed by atoms with Crippen LogP contribution in [0.25, 0.3) is 11.0 Å². The standard InChI is InChI=1S/C23H22N2O/c1-17-10-6-7-11-19(17)16-25-22-15-9-8-14-21(22)24-23(25)18(2)26-20-12-4-3-5-13-20/h3-15,18H,16H2,1-2H3. The van der Waals surface area contributed by atoms with Gasteiger partial charge in [-0.1, -0.05) is 54.6 Å². The molecule has 0 saturated heterocycles. The van der Waals surface area contributed by atoms with Gasteiger partial charge >= 0.3 is 0 Å². The number of benzene rings is 3. The van der Waals surface area contributed by atoms with Gasteiger partial charge in [0.1, 0.15) is 5.75 Å². The van der Waals surface area contributed by atoms with E-state index in [9.17, 15) is 0 Å². The van der Waals surface area contributed by atoms with Crippen molar-refractivity contribution in [3.8, 4) is 5.75 Å². The van der Waals surface area contributed by atoms with Gasteiger partial charge in [0.2, 0.25) is 0 Å². The summed E-state index contributed by atoms with van der Waals surface area (Å²) < 4.78 is 8.42. The van der Waals surface area contributed by atoms with Gasteiger partial charge in [-0.2, -0.15) is 0 Å². The number of hydrogen-bond acceptors (Lipinski definition) is 2. The molecular weight excluding hydrogens is 320 g/mol. The number of hydrogen-bond donors (Lipinski definition) is 0. The fourth-order valence-electron chi connectivity index (χ4n) is 3.28. The third kappa shape index (κ3) is 3.21. The van der Waals surface area contributed by atoms with E-state index in [2.05, 4.69) is 60.9 Å². The first-order chi connectivity index (χ1) is 12.7. The van der Waals surface area contributed by atoms with E-state index in [1.807, 2.05) is 36.4 Å². The van der Waals surface area contributed by atoms with Crippen molar-refractivity contribution in [3.63, 3.8) is 0 Å². The largest absolute Gasteiger partial charge is 0.483 e. The highest BCUT2D eigenvalue weighted by molar-refractivity contribution is 5.76. The molecule has 3 heteroatoms. The molecule has 1 aromatic heterocycles. The smallest absolute Gasteiger partial charge is 0.153 e. The summed E-state index contributed by atoms with van der Waals surface area (Å²) in [5.41, 5.74) is 4.71. The maximum Gasteiger partial charge on any atom is 0.153 e. The van der Waals surface area contributed by atoms with Crippen LogP contribution in [0.4, 0.5) is 0 Å². The minimum atomic E-state index is -0.145. The van der Waals surface area contributed by atoms with Crippen LogP contribution in [0.15, 0.2) is 78.9 Å². The number of rotatable bonds is 5. The van der Waals surface area contributed by atoms with Gasteiger partial charge in [0.05, 0.1) is 11.0 Å². The zero-order chi connectivity index (χ0) is 17.9. The van der Waals surface area contributed by atoms with Crippen molar-refractivity contribution in [2.75, 3.05) is 0 Å². The van der Waals surface area contributed by atoms with Crippen LogP contribution in [0.5, 0.6) is 5.75 Å². The van der Waals surface area contributed by atoms with Gasteiger partial charge in [0.25, 0.3) is 0 Å². The van der Waals surface area contributed by atoms with Gasteiger partial charge in [0, 0.05) is 6.54 Å². The van der Waals surface area contributed by atoms with Gasteiger partial charge in [-0.25, -0.2) is 4.98 Å². The Morgan fingerprint density at radius 1 is 0.885 bits per heavy atom. The van der Waals surface area contributed by atoms with Gasteiger partial charge in [-0.3, -0.25) is 0 Å². The van der Waals surface area contributed by atoms with Crippen molar-refractivity contribution >= 4 is 11.0 Å². The number of aromatic nitrogens is 2. The quantitative estimate of drug-likeness (QED) is 0.476. The fraction of sp³-hybridized carbons (Fsp3) is 0.174. The molecule has 0 aliphatic heterocycles. The lowest BCUT2D eigenvalue weighted by Crippen LogP contribution is -2.13. The van der Waals surface area contributed by atoms with E-state index in [1.165, 1.54) is 11.1 Å². The summed E-state index contributed by atoms with van der Waals surface area (Å²) in [4.78, 5) is 4.87. The first-order valence-electron chi connectivity index (χ1n) is 8.94. The maximum atomic E-state index is 6.16. The second-order valence-electron chi connectivity index (χ2n) is 6.54. The molecule has 0 radical (unpaired) electrons. The zero-order valence-electron chi connectivity index (χ0n) is 15.1. The normalized spacial score (nSPS) is 12.2. The minimum Gasteiger partial charge on any atom is -0.483 e. The molecule has 0 fully saturated rings. The molecule has 0 aliphatic rings. The third-order valence-corrected chi connectivity index (χ3v) is 4.69. The lowest BCUT2D eigenvalue weighted by Gasteiger charge is -2.17. The number of ether oxygens (including phenoxy) is 1. The Morgan fingerprint density at radius 3 is 2.38 bits per heavy atom. The van der Waals surface area contributed by atoms with Gasteiger partial charge < -0.3 is 9.30 Å². The van der Waals surface area contributed by atoms with Crippen LogP contribution in [-0.2, 0) is 6.54 Å². The topological polar surface area (TPSA) is 27.1 Å². The Morgan fingerprint density at radius 2 is 1.58 bits per heavy atom. The molecule has 0 bridgehead atoms. The predicted octanol–water partition coefficient (Wildman–Crippen LogP) is 5.53. The van der Waals surface area contributed by atoms with Crippen LogP contribution in [0.1, 0.15) is 30.0 Å². The Hall–Kier alpha value is -3.07. The lowest BCUT2D eigenvalue weighted by molar-refractivity contribution is 0.212. The Kier molecular flexibility index (Phi) is 4.44. The molecule has 0 spiro atoms. The molecule has 1 unspecified atom stereocenters. The monoisotopic (exact) mass is 342 g/mol. The average molecular weight is 342 g/mol. The lowest BCUT2D eigenvalue weighted by atomic mass is 10.1. The summed E-state index contributed by atoms with van der Waals surface area (Å²) >= 11 is 0. The number of aryl methyl sites for hydroxylation is 1. The highest BCUT2D eigenvalue weighted by Crippen LogP contribution is 2.26. The van der Waals surface area contributed by atoms with E-state index in [1.54, 1.807) is 0 Å². The molecule has 0 saturated carbocycles. The molecule has 1 heterocycles. The SMILES string of the molecule is Cc1ccccc1Cn1c(C(C)Oc2ccccc2)nc2ccccc21. The Balaban J connectivity index is 1.75. The molecule has 0 N–H and O–H groups in total. The molecule has 130 valence electrons. The van der Waals surface area contributed by atoms with E-state index in [4.69, 9.17) is 9.72 Å². The first kappa shape index (κ1) is 16.4. The van der Waals surface area contributed by atoms with Crippen LogP contribution in [0.2, 0.25) is 0 Å². The molecule has 3 aromatic carbocycles. The van der Waals surface area contributed by atoms with Crippen molar-refractivity contribution in [3.05, 3.63) is 95.8 Å². The van der Waals surface area contributed by atoms with Gasteiger partial charge in [-0.15, -0.1) is 0 Å². The molecule has 0 aliphatic carbocycles. The van der Waals surface area contributed by atoms with E-state index in [0.717, 1.165) is 29.2 Å². The van der Waals surface area contributed by atoms with E-state index in [0.29, 0.717) is 0 Å². The molecular formula is C23H22N2O. The van der Waals surface area contributed by atoms with E-state index >= 15 is 0 Å². The fourth-order valence-corrected chi connectivity index (χ4v) is 3.28. The van der Waals surface area contributed by atoms with E-state index in [-0.39, 0.29) is 6.10 Å². The second kappa shape index (κ2) is 7.04. The summed E-state index contributed by atoms with van der Waals surface area (Å²) in [6.45, 7) is 4.99. The number of para-hydroxylation sites is 3. The first-order valence-corrected chi connectivity index (χ1v) is 8.94. The van der Waals surface area contributed by atoms with Gasteiger partial charge in [-0.05, 0) is 49.2 Å². The molecule has 1 atom stereocenters. The van der Waals surface area contributed by atoms with Crippen LogP contribution in [-0.4, -0.2) is 9.55 Å². The van der Waals surface area contributed by atoms with Crippen molar-refractivity contribution in [2.24, 2.45) is 0 Å². The van der Waals surface area contributed by atoms with E-state index < -0.39 is 0 Å².